The summed E-state index contributed by atoms with van der Waals surface area (Å²) >= 11 is 0. The van der Waals surface area contributed by atoms with Crippen LogP contribution >= 0.6 is 0 Å². The van der Waals surface area contributed by atoms with Crippen LogP contribution in [0.4, 0.5) is 5.95 Å². The van der Waals surface area contributed by atoms with E-state index in [0.29, 0.717) is 0 Å². The van der Waals surface area contributed by atoms with Crippen LogP contribution in [0.1, 0.15) is 10.5 Å². The molecule has 9 heteroatoms. The van der Waals surface area contributed by atoms with Gasteiger partial charge in [-0.2, -0.15) is 0 Å². The molecule has 1 unspecified atom stereocenters. The Hall–Kier alpha value is -1.90. The molecule has 0 aliphatic heterocycles. The number of carbonyl (C=O) groups is 1. The second kappa shape index (κ2) is 4.95. The predicted molar refractivity (Wildman–Crippen MR) is 62.2 cm³/mol. The molecule has 1 aromatic rings. The molecule has 1 aromatic heterocycles. The number of anilines is 1. The summed E-state index contributed by atoms with van der Waals surface area (Å²) < 4.78 is 14.3. The van der Waals surface area contributed by atoms with Crippen molar-refractivity contribution in [3.63, 3.8) is 0 Å². The van der Waals surface area contributed by atoms with Gasteiger partial charge in [-0.05, 0) is 0 Å². The Labute approximate surface area is 99.3 Å². The van der Waals surface area contributed by atoms with E-state index in [-0.39, 0.29) is 5.95 Å². The maximum Gasteiger partial charge on any atom is 0.297 e. The van der Waals surface area contributed by atoms with Gasteiger partial charge in [0.05, 0.1) is 0 Å². The molecule has 0 saturated carbocycles. The molecule has 17 heavy (non-hydrogen) atoms. The summed E-state index contributed by atoms with van der Waals surface area (Å²) in [5.41, 5.74) is -1.21. The summed E-state index contributed by atoms with van der Waals surface area (Å²) in [7, 11) is 1.22. The Morgan fingerprint density at radius 2 is 2.12 bits per heavy atom. The van der Waals surface area contributed by atoms with Gasteiger partial charge in [0.25, 0.3) is 11.5 Å². The number of aromatic nitrogens is 2. The largest absolute Gasteiger partial charge is 0.501 e. The van der Waals surface area contributed by atoms with Crippen LogP contribution in [0.15, 0.2) is 4.79 Å². The lowest BCUT2D eigenvalue weighted by atomic mass is 10.3. The van der Waals surface area contributed by atoms with E-state index in [4.69, 9.17) is 0 Å². The summed E-state index contributed by atoms with van der Waals surface area (Å²) in [5.74, 6) is -1.52. The molecule has 0 fully saturated rings. The SMILES string of the molecule is CNC(=O)c1nc(NS(C)=O)n(C)c(=O)c1O. The van der Waals surface area contributed by atoms with Gasteiger partial charge in [-0.15, -0.1) is 0 Å². The number of aromatic hydroxyl groups is 1. The molecule has 0 bridgehead atoms. The molecule has 0 spiro atoms. The highest BCUT2D eigenvalue weighted by Gasteiger charge is 2.19. The lowest BCUT2D eigenvalue weighted by Crippen LogP contribution is -2.28. The summed E-state index contributed by atoms with van der Waals surface area (Å²) in [6.45, 7) is 0. The van der Waals surface area contributed by atoms with Crippen molar-refractivity contribution >= 4 is 22.8 Å². The van der Waals surface area contributed by atoms with Gasteiger partial charge in [0.2, 0.25) is 11.7 Å². The number of carbonyl (C=O) groups excluding carboxylic acids is 1. The van der Waals surface area contributed by atoms with E-state index in [1.165, 1.54) is 20.4 Å². The van der Waals surface area contributed by atoms with Crippen LogP contribution in [-0.2, 0) is 18.0 Å². The first-order chi connectivity index (χ1) is 7.88. The molecule has 0 aromatic carbocycles. The molecule has 0 aliphatic rings. The zero-order valence-electron chi connectivity index (χ0n) is 9.47. The van der Waals surface area contributed by atoms with Crippen LogP contribution in [0, 0.1) is 0 Å². The van der Waals surface area contributed by atoms with Gasteiger partial charge < -0.3 is 10.4 Å². The normalized spacial score (nSPS) is 11.9. The lowest BCUT2D eigenvalue weighted by molar-refractivity contribution is 0.0954. The fraction of sp³-hybridized carbons (Fsp3) is 0.375. The Kier molecular flexibility index (Phi) is 3.84. The number of nitrogens with zero attached hydrogens (tertiary/aromatic N) is 2. The van der Waals surface area contributed by atoms with Crippen molar-refractivity contribution in [2.24, 2.45) is 7.05 Å². The minimum atomic E-state index is -1.45. The topological polar surface area (TPSA) is 113 Å². The summed E-state index contributed by atoms with van der Waals surface area (Å²) in [5, 5.41) is 11.7. The first kappa shape index (κ1) is 13.2. The van der Waals surface area contributed by atoms with E-state index in [1.54, 1.807) is 0 Å². The van der Waals surface area contributed by atoms with Crippen molar-refractivity contribution in [3.8, 4) is 5.75 Å². The van der Waals surface area contributed by atoms with Gasteiger partial charge in [0.15, 0.2) is 5.69 Å². The van der Waals surface area contributed by atoms with E-state index in [1.807, 2.05) is 0 Å². The highest BCUT2D eigenvalue weighted by molar-refractivity contribution is 7.85. The van der Waals surface area contributed by atoms with Crippen LogP contribution in [0.5, 0.6) is 5.75 Å². The maximum atomic E-state index is 11.6. The number of rotatable bonds is 3. The zero-order chi connectivity index (χ0) is 13.2. The monoisotopic (exact) mass is 260 g/mol. The summed E-state index contributed by atoms with van der Waals surface area (Å²) in [4.78, 5) is 26.7. The third-order valence-corrected chi connectivity index (χ3v) is 2.41. The van der Waals surface area contributed by atoms with Gasteiger partial charge in [-0.3, -0.25) is 18.9 Å². The van der Waals surface area contributed by atoms with Crippen LogP contribution in [0.25, 0.3) is 0 Å². The smallest absolute Gasteiger partial charge is 0.297 e. The summed E-state index contributed by atoms with van der Waals surface area (Å²) in [6.07, 6.45) is 1.35. The molecule has 1 rings (SSSR count). The Morgan fingerprint density at radius 1 is 1.53 bits per heavy atom. The van der Waals surface area contributed by atoms with Gasteiger partial charge in [-0.1, -0.05) is 0 Å². The molecule has 8 nitrogen and oxygen atoms in total. The van der Waals surface area contributed by atoms with Crippen molar-refractivity contribution in [2.75, 3.05) is 18.0 Å². The maximum absolute atomic E-state index is 11.6. The first-order valence-corrected chi connectivity index (χ1v) is 6.06. The van der Waals surface area contributed by atoms with Gasteiger partial charge in [-0.25, -0.2) is 9.19 Å². The minimum absolute atomic E-state index is 0.0627. The van der Waals surface area contributed by atoms with Crippen molar-refractivity contribution in [3.05, 3.63) is 16.0 Å². The highest BCUT2D eigenvalue weighted by Crippen LogP contribution is 2.11. The molecule has 3 N–H and O–H groups in total. The molecule has 1 amide bonds. The highest BCUT2D eigenvalue weighted by atomic mass is 32.2. The Bertz CT molecular complexity index is 539. The molecule has 0 saturated heterocycles. The number of hydrogen-bond acceptors (Lipinski definition) is 5. The standard InChI is InChI=1S/C8H12N4O4S/c1-9-6(14)4-5(13)7(15)12(2)8(10-4)11-17(3)16/h13H,1-3H3,(H,9,14)(H,10,11). The van der Waals surface area contributed by atoms with E-state index in [0.717, 1.165) is 4.57 Å². The quantitative estimate of drug-likeness (QED) is 0.615. The molecule has 1 atom stereocenters. The molecule has 94 valence electrons. The van der Waals surface area contributed by atoms with Crippen LogP contribution < -0.4 is 15.6 Å². The molecular formula is C8H12N4O4S. The van der Waals surface area contributed by atoms with E-state index >= 15 is 0 Å². The van der Waals surface area contributed by atoms with Gasteiger partial charge in [0, 0.05) is 20.4 Å². The second-order valence-electron chi connectivity index (χ2n) is 3.13. The molecular weight excluding hydrogens is 248 g/mol. The average molecular weight is 260 g/mol. The van der Waals surface area contributed by atoms with Crippen molar-refractivity contribution in [1.82, 2.24) is 14.9 Å². The van der Waals surface area contributed by atoms with E-state index < -0.39 is 33.9 Å². The first-order valence-electron chi connectivity index (χ1n) is 4.50. The second-order valence-corrected chi connectivity index (χ2v) is 4.24. The van der Waals surface area contributed by atoms with Crippen LogP contribution in [0.3, 0.4) is 0 Å². The number of amides is 1. The van der Waals surface area contributed by atoms with E-state index in [2.05, 4.69) is 15.0 Å². The predicted octanol–water partition coefficient (Wildman–Crippen LogP) is -1.45. The van der Waals surface area contributed by atoms with Gasteiger partial charge >= 0.3 is 0 Å². The van der Waals surface area contributed by atoms with Crippen molar-refractivity contribution < 1.29 is 14.1 Å². The Balaban J connectivity index is 3.44. The van der Waals surface area contributed by atoms with Gasteiger partial charge in [0.1, 0.15) is 11.0 Å². The molecule has 0 radical (unpaired) electrons. The van der Waals surface area contributed by atoms with Crippen LogP contribution in [0.2, 0.25) is 0 Å². The minimum Gasteiger partial charge on any atom is -0.501 e. The molecule has 0 aliphatic carbocycles. The Morgan fingerprint density at radius 3 is 2.59 bits per heavy atom. The van der Waals surface area contributed by atoms with Crippen molar-refractivity contribution in [1.29, 1.82) is 0 Å². The van der Waals surface area contributed by atoms with Crippen LogP contribution in [-0.4, -0.2) is 38.1 Å². The fourth-order valence-electron chi connectivity index (χ4n) is 1.09. The summed E-state index contributed by atoms with van der Waals surface area (Å²) in [6, 6.07) is 0. The molecule has 1 heterocycles. The number of nitrogens with one attached hydrogen (secondary N) is 2. The third kappa shape index (κ3) is 2.61. The fourth-order valence-corrected chi connectivity index (χ4v) is 1.53. The lowest BCUT2D eigenvalue weighted by Gasteiger charge is -2.10. The van der Waals surface area contributed by atoms with E-state index in [9.17, 15) is 18.9 Å². The number of hydrogen-bond donors (Lipinski definition) is 3. The zero-order valence-corrected chi connectivity index (χ0v) is 10.3. The third-order valence-electron chi connectivity index (χ3n) is 1.94. The average Bonchev–Trinajstić information content (AvgIpc) is 2.28. The van der Waals surface area contributed by atoms with Crippen molar-refractivity contribution in [2.45, 2.75) is 0 Å².